The fraction of sp³-hybridized carbons (Fsp3) is 0.625. The van der Waals surface area contributed by atoms with Gasteiger partial charge in [-0.1, -0.05) is 13.0 Å². The molecule has 3 N–H and O–H groups in total. The van der Waals surface area contributed by atoms with E-state index >= 15 is 0 Å². The number of nitrogens with zero attached hydrogens (tertiary/aromatic N) is 1. The molecule has 0 aliphatic rings. The van der Waals surface area contributed by atoms with Crippen LogP contribution in [0.5, 0.6) is 5.75 Å². The minimum absolute atomic E-state index is 0.128. The van der Waals surface area contributed by atoms with E-state index in [1.807, 2.05) is 31.0 Å². The van der Waals surface area contributed by atoms with Crippen LogP contribution in [0.3, 0.4) is 0 Å². The van der Waals surface area contributed by atoms with Crippen molar-refractivity contribution in [2.75, 3.05) is 25.0 Å². The Morgan fingerprint density at radius 2 is 2.00 bits per heavy atom. The average molecular weight is 280 g/mol. The van der Waals surface area contributed by atoms with Crippen LogP contribution in [0.2, 0.25) is 0 Å². The molecule has 0 saturated heterocycles. The van der Waals surface area contributed by atoms with Crippen molar-refractivity contribution >= 4 is 5.69 Å². The minimum atomic E-state index is -0.765. The van der Waals surface area contributed by atoms with Gasteiger partial charge in [0.15, 0.2) is 0 Å². The molecule has 1 unspecified atom stereocenters. The predicted molar refractivity (Wildman–Crippen MR) is 84.4 cm³/mol. The van der Waals surface area contributed by atoms with Gasteiger partial charge in [0, 0.05) is 37.0 Å². The molecule has 0 radical (unpaired) electrons. The second-order valence-corrected chi connectivity index (χ2v) is 6.09. The van der Waals surface area contributed by atoms with Gasteiger partial charge in [-0.15, -0.1) is 0 Å². The van der Waals surface area contributed by atoms with Gasteiger partial charge in [0.05, 0.1) is 5.60 Å². The normalized spacial score (nSPS) is 13.3. The number of aliphatic hydroxyl groups is 1. The fourth-order valence-electron chi connectivity index (χ4n) is 2.28. The van der Waals surface area contributed by atoms with Crippen LogP contribution in [-0.2, 0) is 0 Å². The molecule has 114 valence electrons. The van der Waals surface area contributed by atoms with Crippen LogP contribution in [0, 0.1) is 0 Å². The maximum absolute atomic E-state index is 10.2. The molecule has 20 heavy (non-hydrogen) atoms. The van der Waals surface area contributed by atoms with E-state index in [1.54, 1.807) is 19.9 Å². The third-order valence-corrected chi connectivity index (χ3v) is 3.25. The van der Waals surface area contributed by atoms with Crippen molar-refractivity contribution in [3.63, 3.8) is 0 Å². The zero-order valence-electron chi connectivity index (χ0n) is 13.3. The molecule has 0 heterocycles. The summed E-state index contributed by atoms with van der Waals surface area (Å²) in [4.78, 5) is 1.94. The van der Waals surface area contributed by atoms with Crippen LogP contribution in [-0.4, -0.2) is 36.0 Å². The average Bonchev–Trinajstić information content (AvgIpc) is 2.33. The molecule has 1 aromatic rings. The molecule has 4 heteroatoms. The van der Waals surface area contributed by atoms with Crippen LogP contribution < -0.4 is 10.2 Å². The van der Waals surface area contributed by atoms with Gasteiger partial charge in [0.1, 0.15) is 5.75 Å². The van der Waals surface area contributed by atoms with Gasteiger partial charge < -0.3 is 20.4 Å². The molecule has 0 aromatic heterocycles. The van der Waals surface area contributed by atoms with Gasteiger partial charge in [0.25, 0.3) is 0 Å². The lowest BCUT2D eigenvalue weighted by Gasteiger charge is -2.28. The van der Waals surface area contributed by atoms with E-state index in [0.717, 1.165) is 24.2 Å². The highest BCUT2D eigenvalue weighted by Gasteiger charge is 2.17. The summed E-state index contributed by atoms with van der Waals surface area (Å²) in [5.41, 5.74) is 1.04. The lowest BCUT2D eigenvalue weighted by Crippen LogP contribution is -2.36. The minimum Gasteiger partial charge on any atom is -0.508 e. The van der Waals surface area contributed by atoms with Crippen LogP contribution in [0.1, 0.15) is 45.7 Å². The number of anilines is 1. The molecule has 0 fully saturated rings. The summed E-state index contributed by atoms with van der Waals surface area (Å²) in [7, 11) is 1.91. The molecule has 0 aliphatic heterocycles. The topological polar surface area (TPSA) is 55.7 Å². The third kappa shape index (κ3) is 5.02. The summed E-state index contributed by atoms with van der Waals surface area (Å²) in [6, 6.07) is 5.80. The Balaban J connectivity index is 2.82. The van der Waals surface area contributed by atoms with E-state index in [9.17, 15) is 10.2 Å². The summed E-state index contributed by atoms with van der Waals surface area (Å²) >= 11 is 0. The van der Waals surface area contributed by atoms with Crippen LogP contribution in [0.4, 0.5) is 5.69 Å². The predicted octanol–water partition coefficient (Wildman–Crippen LogP) is 2.66. The van der Waals surface area contributed by atoms with Gasteiger partial charge in [-0.3, -0.25) is 0 Å². The summed E-state index contributed by atoms with van der Waals surface area (Å²) in [6.45, 7) is 9.15. The number of benzene rings is 1. The number of likely N-dealkylation sites (N-methyl/N-ethyl adjacent to an activating group) is 1. The van der Waals surface area contributed by atoms with E-state index in [1.165, 1.54) is 0 Å². The lowest BCUT2D eigenvalue weighted by atomic mass is 10.1. The highest BCUT2D eigenvalue weighted by Crippen LogP contribution is 2.29. The molecular formula is C16H28N2O2. The van der Waals surface area contributed by atoms with Crippen molar-refractivity contribution in [2.24, 2.45) is 0 Å². The lowest BCUT2D eigenvalue weighted by molar-refractivity contribution is 0.0886. The van der Waals surface area contributed by atoms with Crippen molar-refractivity contribution in [3.8, 4) is 5.75 Å². The smallest absolute Gasteiger partial charge is 0.122 e. The number of nitrogens with one attached hydrogen (secondary N) is 1. The molecule has 0 bridgehead atoms. The van der Waals surface area contributed by atoms with Crippen LogP contribution in [0.25, 0.3) is 0 Å². The molecule has 4 nitrogen and oxygen atoms in total. The molecule has 0 saturated carbocycles. The zero-order chi connectivity index (χ0) is 15.3. The Kier molecular flexibility index (Phi) is 5.84. The summed E-state index contributed by atoms with van der Waals surface area (Å²) in [5, 5.41) is 23.4. The number of hydrogen-bond acceptors (Lipinski definition) is 4. The Labute approximate surface area is 122 Å². The van der Waals surface area contributed by atoms with Crippen molar-refractivity contribution in [1.82, 2.24) is 5.32 Å². The third-order valence-electron chi connectivity index (χ3n) is 3.25. The molecule has 1 atom stereocenters. The van der Waals surface area contributed by atoms with Crippen molar-refractivity contribution < 1.29 is 10.2 Å². The van der Waals surface area contributed by atoms with Crippen molar-refractivity contribution in [3.05, 3.63) is 23.8 Å². The van der Waals surface area contributed by atoms with E-state index in [0.29, 0.717) is 12.3 Å². The first-order valence-corrected chi connectivity index (χ1v) is 7.24. The van der Waals surface area contributed by atoms with Gasteiger partial charge in [-0.2, -0.15) is 0 Å². The van der Waals surface area contributed by atoms with E-state index in [4.69, 9.17) is 0 Å². The maximum Gasteiger partial charge on any atom is 0.122 e. The highest BCUT2D eigenvalue weighted by molar-refractivity contribution is 5.53. The van der Waals surface area contributed by atoms with E-state index < -0.39 is 5.60 Å². The van der Waals surface area contributed by atoms with Crippen molar-refractivity contribution in [1.29, 1.82) is 0 Å². The molecular weight excluding hydrogens is 252 g/mol. The van der Waals surface area contributed by atoms with Crippen LogP contribution >= 0.6 is 0 Å². The van der Waals surface area contributed by atoms with Crippen LogP contribution in [0.15, 0.2) is 18.2 Å². The number of aromatic hydroxyl groups is 1. The Morgan fingerprint density at radius 1 is 1.35 bits per heavy atom. The largest absolute Gasteiger partial charge is 0.508 e. The molecule has 1 aromatic carbocycles. The molecule has 0 spiro atoms. The van der Waals surface area contributed by atoms with Gasteiger partial charge in [0.2, 0.25) is 0 Å². The SMILES string of the molecule is CCCNC(C)c1ccc(N(C)CC(C)(C)O)cc1O. The van der Waals surface area contributed by atoms with E-state index in [2.05, 4.69) is 12.2 Å². The summed E-state index contributed by atoms with van der Waals surface area (Å²) < 4.78 is 0. The molecule has 0 aliphatic carbocycles. The maximum atomic E-state index is 10.2. The van der Waals surface area contributed by atoms with Crippen molar-refractivity contribution in [2.45, 2.75) is 45.8 Å². The summed E-state index contributed by atoms with van der Waals surface area (Å²) in [5.74, 6) is 0.293. The number of phenols is 1. The number of rotatable bonds is 7. The molecule has 1 rings (SSSR count). The first-order chi connectivity index (χ1) is 9.24. The van der Waals surface area contributed by atoms with Gasteiger partial charge >= 0.3 is 0 Å². The van der Waals surface area contributed by atoms with E-state index in [-0.39, 0.29) is 6.04 Å². The first-order valence-electron chi connectivity index (χ1n) is 7.24. The Hall–Kier alpha value is -1.26. The summed E-state index contributed by atoms with van der Waals surface area (Å²) in [6.07, 6.45) is 1.07. The Morgan fingerprint density at radius 3 is 2.50 bits per heavy atom. The number of hydrogen-bond donors (Lipinski definition) is 3. The zero-order valence-corrected chi connectivity index (χ0v) is 13.3. The van der Waals surface area contributed by atoms with Gasteiger partial charge in [-0.25, -0.2) is 0 Å². The second kappa shape index (κ2) is 6.95. The Bertz CT molecular complexity index is 427. The standard InChI is InChI=1S/C16H28N2O2/c1-6-9-17-12(2)14-8-7-13(10-15(14)19)18(5)11-16(3,4)20/h7-8,10,12,17,19-20H,6,9,11H2,1-5H3. The quantitative estimate of drug-likeness (QED) is 0.719. The second-order valence-electron chi connectivity index (χ2n) is 6.09. The van der Waals surface area contributed by atoms with Gasteiger partial charge in [-0.05, 0) is 39.8 Å². The molecule has 0 amide bonds. The first kappa shape index (κ1) is 16.8. The number of phenolic OH excluding ortho intramolecular Hbond substituents is 1. The highest BCUT2D eigenvalue weighted by atomic mass is 16.3. The fourth-order valence-corrected chi connectivity index (χ4v) is 2.28. The monoisotopic (exact) mass is 280 g/mol.